The molecule has 2 amide bonds. The van der Waals surface area contributed by atoms with E-state index in [1.165, 1.54) is 17.3 Å². The first-order chi connectivity index (χ1) is 16.5. The van der Waals surface area contributed by atoms with Crippen molar-refractivity contribution < 1.29 is 14.3 Å². The normalized spacial score (nSPS) is 14.5. The quantitative estimate of drug-likeness (QED) is 0.327. The lowest BCUT2D eigenvalue weighted by molar-refractivity contribution is -0.122. The van der Waals surface area contributed by atoms with Gasteiger partial charge < -0.3 is 10.1 Å². The molecule has 1 fully saturated rings. The Kier molecular flexibility index (Phi) is 7.77. The Morgan fingerprint density at radius 2 is 1.79 bits per heavy atom. The minimum Gasteiger partial charge on any atom is -0.484 e. The van der Waals surface area contributed by atoms with Crippen molar-refractivity contribution in [3.63, 3.8) is 0 Å². The molecule has 1 N–H and O–H groups in total. The van der Waals surface area contributed by atoms with Crippen LogP contribution in [0.1, 0.15) is 23.6 Å². The molecule has 0 aromatic heterocycles. The number of amides is 2. The van der Waals surface area contributed by atoms with Gasteiger partial charge in [0.2, 0.25) is 0 Å². The lowest BCUT2D eigenvalue weighted by Crippen LogP contribution is -2.27. The van der Waals surface area contributed by atoms with Gasteiger partial charge >= 0.3 is 0 Å². The van der Waals surface area contributed by atoms with Gasteiger partial charge in [0, 0.05) is 5.69 Å². The molecule has 0 saturated carbocycles. The number of aryl methyl sites for hydroxylation is 1. The molecule has 1 aliphatic heterocycles. The summed E-state index contributed by atoms with van der Waals surface area (Å²) in [4.78, 5) is 27.3. The lowest BCUT2D eigenvalue weighted by atomic mass is 10.1. The van der Waals surface area contributed by atoms with Crippen LogP contribution in [0.2, 0.25) is 0 Å². The topological polar surface area (TPSA) is 58.6 Å². The molecule has 0 atom stereocenters. The second-order valence-electron chi connectivity index (χ2n) is 7.71. The zero-order valence-corrected chi connectivity index (χ0v) is 20.3. The molecular formula is C27H24N2O3S2. The van der Waals surface area contributed by atoms with Crippen LogP contribution in [0.4, 0.5) is 5.69 Å². The minimum absolute atomic E-state index is 0.112. The Labute approximate surface area is 208 Å². The molecule has 0 bridgehead atoms. The molecule has 3 aromatic carbocycles. The van der Waals surface area contributed by atoms with Gasteiger partial charge in [0.25, 0.3) is 11.8 Å². The lowest BCUT2D eigenvalue weighted by Gasteiger charge is -2.14. The largest absolute Gasteiger partial charge is 0.484 e. The summed E-state index contributed by atoms with van der Waals surface area (Å²) in [5.41, 5.74) is 3.77. The van der Waals surface area contributed by atoms with Gasteiger partial charge in [-0.25, -0.2) is 0 Å². The number of carbonyl (C=O) groups is 2. The maximum atomic E-state index is 12.9. The summed E-state index contributed by atoms with van der Waals surface area (Å²) < 4.78 is 6.21. The first kappa shape index (κ1) is 23.7. The highest BCUT2D eigenvalue weighted by atomic mass is 32.2. The third-order valence-corrected chi connectivity index (χ3v) is 6.61. The average molecular weight is 489 g/mol. The van der Waals surface area contributed by atoms with Gasteiger partial charge in [-0.2, -0.15) is 0 Å². The number of hydrogen-bond donors (Lipinski definition) is 1. The fourth-order valence-electron chi connectivity index (χ4n) is 3.42. The minimum atomic E-state index is -0.239. The van der Waals surface area contributed by atoms with Crippen molar-refractivity contribution in [3.05, 3.63) is 100 Å². The Morgan fingerprint density at radius 3 is 2.53 bits per heavy atom. The van der Waals surface area contributed by atoms with E-state index in [1.54, 1.807) is 23.1 Å². The van der Waals surface area contributed by atoms with Crippen LogP contribution in [0.3, 0.4) is 0 Å². The van der Waals surface area contributed by atoms with E-state index < -0.39 is 0 Å². The van der Waals surface area contributed by atoms with Crippen LogP contribution in [0.25, 0.3) is 6.08 Å². The monoisotopic (exact) mass is 488 g/mol. The number of rotatable bonds is 8. The number of nitrogens with one attached hydrogen (secondary N) is 1. The number of hydrogen-bond acceptors (Lipinski definition) is 5. The molecule has 172 valence electrons. The summed E-state index contributed by atoms with van der Waals surface area (Å²) in [5, 5.41) is 2.83. The van der Waals surface area contributed by atoms with Crippen LogP contribution in [-0.4, -0.2) is 27.6 Å². The maximum Gasteiger partial charge on any atom is 0.266 e. The number of anilines is 1. The molecule has 1 saturated heterocycles. The zero-order chi connectivity index (χ0) is 23.9. The molecule has 0 radical (unpaired) electrons. The van der Waals surface area contributed by atoms with Crippen molar-refractivity contribution in [1.29, 1.82) is 0 Å². The van der Waals surface area contributed by atoms with E-state index in [-0.39, 0.29) is 18.4 Å². The predicted octanol–water partition coefficient (Wildman–Crippen LogP) is 5.67. The van der Waals surface area contributed by atoms with Crippen molar-refractivity contribution in [2.75, 3.05) is 11.9 Å². The van der Waals surface area contributed by atoms with E-state index in [1.807, 2.05) is 66.7 Å². The molecule has 7 heteroatoms. The van der Waals surface area contributed by atoms with Crippen LogP contribution in [0, 0.1) is 0 Å². The van der Waals surface area contributed by atoms with Crippen LogP contribution < -0.4 is 10.1 Å². The van der Waals surface area contributed by atoms with Gasteiger partial charge in [0.05, 0.1) is 11.4 Å². The summed E-state index contributed by atoms with van der Waals surface area (Å²) in [6.45, 7) is 2.42. The average Bonchev–Trinajstić information content (AvgIpc) is 3.11. The number of thiocarbonyl (C=S) groups is 1. The van der Waals surface area contributed by atoms with Crippen LogP contribution in [0.15, 0.2) is 83.8 Å². The number of ether oxygens (including phenoxy) is 1. The van der Waals surface area contributed by atoms with Crippen molar-refractivity contribution in [3.8, 4) is 5.75 Å². The van der Waals surface area contributed by atoms with E-state index >= 15 is 0 Å². The van der Waals surface area contributed by atoms with E-state index in [2.05, 4.69) is 12.2 Å². The standard InChI is InChI=1S/C27H24N2O3S2/c1-2-19-11-13-22(14-12-19)28-25(30)18-32-23-10-6-9-21(15-23)16-24-26(31)29(27(33)34-24)17-20-7-4-3-5-8-20/h3-16H,2,17-18H2,1H3,(H,28,30)/b24-16-. The summed E-state index contributed by atoms with van der Waals surface area (Å²) in [5.74, 6) is 0.195. The van der Waals surface area contributed by atoms with Gasteiger partial charge in [-0.05, 0) is 53.5 Å². The fourth-order valence-corrected chi connectivity index (χ4v) is 4.67. The van der Waals surface area contributed by atoms with Gasteiger partial charge in [0.1, 0.15) is 10.1 Å². The van der Waals surface area contributed by atoms with Crippen molar-refractivity contribution in [2.24, 2.45) is 0 Å². The molecule has 0 aliphatic carbocycles. The molecule has 1 heterocycles. The Morgan fingerprint density at radius 1 is 1.03 bits per heavy atom. The third kappa shape index (κ3) is 6.12. The highest BCUT2D eigenvalue weighted by molar-refractivity contribution is 8.26. The van der Waals surface area contributed by atoms with E-state index in [0.29, 0.717) is 21.5 Å². The Bertz CT molecular complexity index is 1220. The first-order valence-corrected chi connectivity index (χ1v) is 12.2. The molecule has 0 unspecified atom stereocenters. The molecular weight excluding hydrogens is 464 g/mol. The maximum absolute atomic E-state index is 12.9. The number of nitrogens with zero attached hydrogens (tertiary/aromatic N) is 1. The highest BCUT2D eigenvalue weighted by Gasteiger charge is 2.31. The summed E-state index contributed by atoms with van der Waals surface area (Å²) in [6.07, 6.45) is 2.75. The van der Waals surface area contributed by atoms with E-state index in [9.17, 15) is 9.59 Å². The van der Waals surface area contributed by atoms with Gasteiger partial charge in [-0.1, -0.05) is 85.5 Å². The molecule has 4 rings (SSSR count). The summed E-state index contributed by atoms with van der Waals surface area (Å²) in [6, 6.07) is 24.8. The van der Waals surface area contributed by atoms with E-state index in [0.717, 1.165) is 23.2 Å². The Balaban J connectivity index is 1.36. The van der Waals surface area contributed by atoms with Crippen LogP contribution in [-0.2, 0) is 22.6 Å². The molecule has 3 aromatic rings. The Hall–Kier alpha value is -3.42. The fraction of sp³-hybridized carbons (Fsp3) is 0.148. The van der Waals surface area contributed by atoms with Crippen LogP contribution >= 0.6 is 24.0 Å². The molecule has 5 nitrogen and oxygen atoms in total. The number of benzene rings is 3. The second-order valence-corrected chi connectivity index (χ2v) is 9.39. The summed E-state index contributed by atoms with van der Waals surface area (Å²) in [7, 11) is 0. The predicted molar refractivity (Wildman–Crippen MR) is 142 cm³/mol. The third-order valence-electron chi connectivity index (χ3n) is 5.23. The molecule has 34 heavy (non-hydrogen) atoms. The van der Waals surface area contributed by atoms with Gasteiger partial charge in [0.15, 0.2) is 6.61 Å². The number of carbonyl (C=O) groups excluding carboxylic acids is 2. The zero-order valence-electron chi connectivity index (χ0n) is 18.7. The molecule has 1 aliphatic rings. The summed E-state index contributed by atoms with van der Waals surface area (Å²) >= 11 is 6.72. The van der Waals surface area contributed by atoms with Crippen molar-refractivity contribution in [1.82, 2.24) is 4.90 Å². The second kappa shape index (κ2) is 11.1. The highest BCUT2D eigenvalue weighted by Crippen LogP contribution is 2.34. The van der Waals surface area contributed by atoms with Crippen LogP contribution in [0.5, 0.6) is 5.75 Å². The molecule has 0 spiro atoms. The smallest absolute Gasteiger partial charge is 0.266 e. The van der Waals surface area contributed by atoms with Crippen molar-refractivity contribution in [2.45, 2.75) is 19.9 Å². The van der Waals surface area contributed by atoms with Gasteiger partial charge in [-0.15, -0.1) is 0 Å². The van der Waals surface area contributed by atoms with Gasteiger partial charge in [-0.3, -0.25) is 14.5 Å². The first-order valence-electron chi connectivity index (χ1n) is 10.9. The SMILES string of the molecule is CCc1ccc(NC(=O)COc2cccc(/C=C3\SC(=S)N(Cc4ccccc4)C3=O)c2)cc1. The number of thioether (sulfide) groups is 1. The van der Waals surface area contributed by atoms with E-state index in [4.69, 9.17) is 17.0 Å². The van der Waals surface area contributed by atoms with Crippen molar-refractivity contribution >= 4 is 51.9 Å².